The van der Waals surface area contributed by atoms with Crippen LogP contribution in [0.5, 0.6) is 0 Å². The highest BCUT2D eigenvalue weighted by Crippen LogP contribution is 2.16. The standard InChI is InChI=1S/C10H12ClNO3S/c1-2-16(14,15)10(11)9(13)7-4-3-5-8(12)6-7/h3-6,10H,2,12H2,1H3/t10-/m0/s1. The first-order valence-corrected chi connectivity index (χ1v) is 6.79. The van der Waals surface area contributed by atoms with Gasteiger partial charge in [0.25, 0.3) is 0 Å². The van der Waals surface area contributed by atoms with Crippen LogP contribution in [0.25, 0.3) is 0 Å². The van der Waals surface area contributed by atoms with Gasteiger partial charge >= 0.3 is 0 Å². The lowest BCUT2D eigenvalue weighted by atomic mass is 10.1. The highest BCUT2D eigenvalue weighted by Gasteiger charge is 2.29. The van der Waals surface area contributed by atoms with Gasteiger partial charge in [-0.1, -0.05) is 30.7 Å². The summed E-state index contributed by atoms with van der Waals surface area (Å²) in [5.41, 5.74) is 6.09. The van der Waals surface area contributed by atoms with Gasteiger partial charge < -0.3 is 5.73 Å². The molecule has 0 radical (unpaired) electrons. The zero-order chi connectivity index (χ0) is 12.3. The summed E-state index contributed by atoms with van der Waals surface area (Å²) in [7, 11) is -3.58. The molecule has 0 amide bonds. The fourth-order valence-electron chi connectivity index (χ4n) is 1.13. The molecule has 1 rings (SSSR count). The molecule has 1 aromatic carbocycles. The van der Waals surface area contributed by atoms with Crippen LogP contribution in [0.2, 0.25) is 0 Å². The molecule has 0 bridgehead atoms. The van der Waals surface area contributed by atoms with Crippen molar-refractivity contribution in [3.8, 4) is 0 Å². The van der Waals surface area contributed by atoms with Crippen LogP contribution < -0.4 is 5.73 Å². The van der Waals surface area contributed by atoms with Gasteiger partial charge in [-0.2, -0.15) is 0 Å². The molecule has 0 spiro atoms. The van der Waals surface area contributed by atoms with E-state index in [-0.39, 0.29) is 11.3 Å². The lowest BCUT2D eigenvalue weighted by molar-refractivity contribution is 0.101. The molecule has 16 heavy (non-hydrogen) atoms. The highest BCUT2D eigenvalue weighted by molar-refractivity contribution is 7.94. The zero-order valence-corrected chi connectivity index (χ0v) is 10.3. The average molecular weight is 262 g/mol. The van der Waals surface area contributed by atoms with Crippen molar-refractivity contribution in [2.45, 2.75) is 11.6 Å². The summed E-state index contributed by atoms with van der Waals surface area (Å²) in [6.45, 7) is 1.44. The first kappa shape index (κ1) is 13.0. The largest absolute Gasteiger partial charge is 0.399 e. The molecule has 0 saturated heterocycles. The Hall–Kier alpha value is -1.07. The lowest BCUT2D eigenvalue weighted by Crippen LogP contribution is -2.26. The summed E-state index contributed by atoms with van der Waals surface area (Å²) in [6.07, 6.45) is 0. The number of hydrogen-bond donors (Lipinski definition) is 1. The van der Waals surface area contributed by atoms with Crippen LogP contribution in [0.1, 0.15) is 17.3 Å². The number of carbonyl (C=O) groups excluding carboxylic acids is 1. The molecule has 88 valence electrons. The van der Waals surface area contributed by atoms with Crippen LogP contribution in [-0.2, 0) is 9.84 Å². The maximum absolute atomic E-state index is 11.7. The van der Waals surface area contributed by atoms with Crippen molar-refractivity contribution >= 4 is 32.9 Å². The quantitative estimate of drug-likeness (QED) is 0.506. The summed E-state index contributed by atoms with van der Waals surface area (Å²) in [5.74, 6) is -0.814. The summed E-state index contributed by atoms with van der Waals surface area (Å²) in [6, 6.07) is 6.07. The molecule has 4 nitrogen and oxygen atoms in total. The van der Waals surface area contributed by atoms with Crippen molar-refractivity contribution in [2.75, 3.05) is 11.5 Å². The molecule has 0 aromatic heterocycles. The second-order valence-corrected chi connectivity index (χ2v) is 6.33. The van der Waals surface area contributed by atoms with E-state index in [9.17, 15) is 13.2 Å². The average Bonchev–Trinajstić information content (AvgIpc) is 2.27. The smallest absolute Gasteiger partial charge is 0.197 e. The summed E-state index contributed by atoms with van der Waals surface area (Å²) in [5, 5.41) is 0. The number of carbonyl (C=O) groups is 1. The molecule has 0 unspecified atom stereocenters. The van der Waals surface area contributed by atoms with Gasteiger partial charge in [0.1, 0.15) is 0 Å². The molecule has 0 aliphatic heterocycles. The molecule has 1 atom stereocenters. The molecule has 6 heteroatoms. The summed E-state index contributed by atoms with van der Waals surface area (Å²) in [4.78, 5) is 11.7. The van der Waals surface area contributed by atoms with Gasteiger partial charge in [-0.05, 0) is 12.1 Å². The van der Waals surface area contributed by atoms with Gasteiger partial charge in [-0.3, -0.25) is 4.79 Å². The van der Waals surface area contributed by atoms with Gasteiger partial charge in [0.15, 0.2) is 20.3 Å². The van der Waals surface area contributed by atoms with E-state index < -0.39 is 20.3 Å². The fraction of sp³-hybridized carbons (Fsp3) is 0.300. The zero-order valence-electron chi connectivity index (χ0n) is 8.68. The molecular formula is C10H12ClNO3S. The Labute approximate surface area is 99.3 Å². The van der Waals surface area contributed by atoms with E-state index in [1.54, 1.807) is 12.1 Å². The van der Waals surface area contributed by atoms with Gasteiger partial charge in [-0.15, -0.1) is 0 Å². The number of halogens is 1. The van der Waals surface area contributed by atoms with Crippen LogP contribution in [-0.4, -0.2) is 24.7 Å². The second-order valence-electron chi connectivity index (χ2n) is 3.26. The first-order valence-electron chi connectivity index (χ1n) is 4.64. The number of benzene rings is 1. The summed E-state index contributed by atoms with van der Waals surface area (Å²) >= 11 is 5.63. The van der Waals surface area contributed by atoms with Crippen LogP contribution in [0, 0.1) is 0 Å². The van der Waals surface area contributed by atoms with E-state index in [0.717, 1.165) is 0 Å². The van der Waals surface area contributed by atoms with Crippen LogP contribution in [0.3, 0.4) is 0 Å². The predicted molar refractivity (Wildman–Crippen MR) is 64.3 cm³/mol. The highest BCUT2D eigenvalue weighted by atomic mass is 35.5. The monoisotopic (exact) mass is 261 g/mol. The topological polar surface area (TPSA) is 77.2 Å². The molecule has 0 aliphatic rings. The summed E-state index contributed by atoms with van der Waals surface area (Å²) < 4.78 is 21.3. The van der Waals surface area contributed by atoms with E-state index in [4.69, 9.17) is 17.3 Å². The third kappa shape index (κ3) is 2.74. The van der Waals surface area contributed by atoms with E-state index in [1.165, 1.54) is 19.1 Å². The molecular weight excluding hydrogens is 250 g/mol. The maximum Gasteiger partial charge on any atom is 0.197 e. The van der Waals surface area contributed by atoms with Crippen molar-refractivity contribution in [2.24, 2.45) is 0 Å². The van der Waals surface area contributed by atoms with Crippen molar-refractivity contribution in [3.05, 3.63) is 29.8 Å². The predicted octanol–water partition coefficient (Wildman–Crippen LogP) is 1.45. The molecule has 0 saturated carbocycles. The van der Waals surface area contributed by atoms with Gasteiger partial charge in [0.2, 0.25) is 0 Å². The third-order valence-corrected chi connectivity index (χ3v) is 4.76. The van der Waals surface area contributed by atoms with Crippen LogP contribution >= 0.6 is 11.6 Å². The van der Waals surface area contributed by atoms with E-state index >= 15 is 0 Å². The minimum atomic E-state index is -3.58. The third-order valence-electron chi connectivity index (χ3n) is 2.09. The molecule has 0 fully saturated rings. The number of Topliss-reactive ketones (excluding diaryl/α,β-unsaturated/α-hetero) is 1. The van der Waals surface area contributed by atoms with Gasteiger partial charge in [-0.25, -0.2) is 8.42 Å². The number of nitrogens with two attached hydrogens (primary N) is 1. The molecule has 2 N–H and O–H groups in total. The molecule has 1 aromatic rings. The van der Waals surface area contributed by atoms with Crippen molar-refractivity contribution in [1.82, 2.24) is 0 Å². The SMILES string of the molecule is CCS(=O)(=O)[C@H](Cl)C(=O)c1cccc(N)c1. The van der Waals surface area contributed by atoms with Crippen molar-refractivity contribution < 1.29 is 13.2 Å². The van der Waals surface area contributed by atoms with Gasteiger partial charge in [0.05, 0.1) is 0 Å². The minimum absolute atomic E-state index is 0.171. The van der Waals surface area contributed by atoms with E-state index in [1.807, 2.05) is 0 Å². The van der Waals surface area contributed by atoms with Crippen molar-refractivity contribution in [3.63, 3.8) is 0 Å². The second kappa shape index (κ2) is 4.84. The minimum Gasteiger partial charge on any atom is -0.399 e. The first-order chi connectivity index (χ1) is 7.38. The van der Waals surface area contributed by atoms with Crippen LogP contribution in [0.4, 0.5) is 5.69 Å². The number of sulfone groups is 1. The Morgan fingerprint density at radius 2 is 2.12 bits per heavy atom. The number of ketones is 1. The number of alkyl halides is 1. The van der Waals surface area contributed by atoms with Crippen molar-refractivity contribution in [1.29, 1.82) is 0 Å². The normalized spacial score (nSPS) is 13.4. The number of nitrogen functional groups attached to an aromatic ring is 1. The Morgan fingerprint density at radius 1 is 1.50 bits per heavy atom. The Balaban J connectivity index is 3.04. The lowest BCUT2D eigenvalue weighted by Gasteiger charge is -2.08. The maximum atomic E-state index is 11.7. The molecule has 0 aliphatic carbocycles. The Morgan fingerprint density at radius 3 is 2.62 bits per heavy atom. The van der Waals surface area contributed by atoms with E-state index in [0.29, 0.717) is 5.69 Å². The Bertz CT molecular complexity index is 499. The number of hydrogen-bond acceptors (Lipinski definition) is 4. The number of rotatable bonds is 4. The Kier molecular flexibility index (Phi) is 3.93. The van der Waals surface area contributed by atoms with Crippen LogP contribution in [0.15, 0.2) is 24.3 Å². The van der Waals surface area contributed by atoms with Gasteiger partial charge in [0, 0.05) is 17.0 Å². The van der Waals surface area contributed by atoms with E-state index in [2.05, 4.69) is 0 Å². The number of anilines is 1. The fourth-order valence-corrected chi connectivity index (χ4v) is 2.39. The molecule has 0 heterocycles.